The van der Waals surface area contributed by atoms with Gasteiger partial charge in [0.1, 0.15) is 21.8 Å². The van der Waals surface area contributed by atoms with Gasteiger partial charge in [-0.1, -0.05) is 59.8 Å². The summed E-state index contributed by atoms with van der Waals surface area (Å²) < 4.78 is 6.40. The molecule has 1 aliphatic carbocycles. The lowest BCUT2D eigenvalue weighted by Crippen LogP contribution is -1.95. The van der Waals surface area contributed by atoms with Gasteiger partial charge in [0.05, 0.1) is 0 Å². The Bertz CT molecular complexity index is 1150. The van der Waals surface area contributed by atoms with Crippen molar-refractivity contribution < 1.29 is 4.52 Å². The molecule has 4 aromatic rings. The van der Waals surface area contributed by atoms with Crippen LogP contribution in [0.2, 0.25) is 0 Å². The lowest BCUT2D eigenvalue weighted by molar-refractivity contribution is 0.427. The Morgan fingerprint density at radius 3 is 2.21 bits per heavy atom. The van der Waals surface area contributed by atoms with E-state index in [4.69, 9.17) is 4.52 Å². The van der Waals surface area contributed by atoms with E-state index in [9.17, 15) is 0 Å². The molecule has 0 radical (unpaired) electrons. The van der Waals surface area contributed by atoms with Crippen molar-refractivity contribution in [2.45, 2.75) is 25.7 Å². The summed E-state index contributed by atoms with van der Waals surface area (Å²) in [5.74, 6) is 2.23. The quantitative estimate of drug-likeness (QED) is 0.333. The van der Waals surface area contributed by atoms with Gasteiger partial charge < -0.3 is 9.84 Å². The molecule has 144 valence electrons. The highest BCUT2D eigenvalue weighted by atomic mass is 79.9. The summed E-state index contributed by atoms with van der Waals surface area (Å²) in [4.78, 5) is 4.44. The maximum absolute atomic E-state index is 5.63. The predicted molar refractivity (Wildman–Crippen MR) is 119 cm³/mol. The van der Waals surface area contributed by atoms with Crippen LogP contribution in [0.15, 0.2) is 75.9 Å². The van der Waals surface area contributed by atoms with Crippen LogP contribution in [0.5, 0.6) is 0 Å². The Morgan fingerprint density at radius 2 is 1.55 bits per heavy atom. The van der Waals surface area contributed by atoms with E-state index < -0.39 is 0 Å². The number of rotatable bonds is 5. The maximum Gasteiger partial charge on any atom is 0.190 e. The topological polar surface area (TPSA) is 51.0 Å². The fourth-order valence-corrected chi connectivity index (χ4v) is 3.84. The molecule has 1 aliphatic rings. The molecular weight excluding hydrogens is 426 g/mol. The van der Waals surface area contributed by atoms with Crippen LogP contribution in [0, 0.1) is 6.92 Å². The van der Waals surface area contributed by atoms with Crippen molar-refractivity contribution in [1.29, 1.82) is 0 Å². The van der Waals surface area contributed by atoms with Crippen LogP contribution in [0.1, 0.15) is 30.0 Å². The Morgan fingerprint density at radius 1 is 0.897 bits per heavy atom. The van der Waals surface area contributed by atoms with E-state index in [1.54, 1.807) is 0 Å². The molecular formula is C24H20BrN3O. The van der Waals surface area contributed by atoms with Gasteiger partial charge in [0.2, 0.25) is 0 Å². The molecule has 5 heteroatoms. The molecule has 0 unspecified atom stereocenters. The largest absolute Gasteiger partial charge is 0.354 e. The SMILES string of the molecule is Cc1noc(-c2ccc(-c3ccc(C4CC4)cc3)cc2)c1Nc1cccc(Br)n1. The van der Waals surface area contributed by atoms with E-state index in [0.29, 0.717) is 5.76 Å². The number of nitrogens with one attached hydrogen (secondary N) is 1. The Labute approximate surface area is 178 Å². The maximum atomic E-state index is 5.63. The van der Waals surface area contributed by atoms with Gasteiger partial charge in [-0.3, -0.25) is 0 Å². The molecule has 0 spiro atoms. The molecule has 0 bridgehead atoms. The number of benzene rings is 2. The number of pyridine rings is 1. The average molecular weight is 446 g/mol. The molecule has 2 aromatic heterocycles. The van der Waals surface area contributed by atoms with E-state index in [1.165, 1.54) is 29.5 Å². The standard InChI is InChI=1S/C24H20BrN3O/c1-15-23(27-22-4-2-3-21(25)26-22)24(29-28-15)20-13-11-19(12-14-20)18-9-7-17(8-10-18)16-5-6-16/h2-4,7-14,16H,5-6H2,1H3,(H,26,27). The smallest absolute Gasteiger partial charge is 0.190 e. The molecule has 29 heavy (non-hydrogen) atoms. The van der Waals surface area contributed by atoms with Crippen LogP contribution in [0.4, 0.5) is 11.5 Å². The molecule has 2 heterocycles. The van der Waals surface area contributed by atoms with Gasteiger partial charge in [-0.15, -0.1) is 0 Å². The number of nitrogens with zero attached hydrogens (tertiary/aromatic N) is 2. The van der Waals surface area contributed by atoms with Crippen LogP contribution >= 0.6 is 15.9 Å². The van der Waals surface area contributed by atoms with Crippen molar-refractivity contribution in [3.8, 4) is 22.5 Å². The number of hydrogen-bond donors (Lipinski definition) is 1. The lowest BCUT2D eigenvalue weighted by Gasteiger charge is -2.08. The zero-order valence-corrected chi connectivity index (χ0v) is 17.6. The normalized spacial score (nSPS) is 13.4. The zero-order chi connectivity index (χ0) is 19.8. The number of aryl methyl sites for hydroxylation is 1. The highest BCUT2D eigenvalue weighted by Crippen LogP contribution is 2.40. The van der Waals surface area contributed by atoms with Gasteiger partial charge in [0.25, 0.3) is 0 Å². The van der Waals surface area contributed by atoms with E-state index in [0.717, 1.165) is 33.3 Å². The Balaban J connectivity index is 1.41. The van der Waals surface area contributed by atoms with E-state index in [-0.39, 0.29) is 0 Å². The van der Waals surface area contributed by atoms with Crippen LogP contribution in [0.3, 0.4) is 0 Å². The number of aromatic nitrogens is 2. The lowest BCUT2D eigenvalue weighted by atomic mass is 10.0. The first kappa shape index (κ1) is 18.1. The van der Waals surface area contributed by atoms with Crippen molar-refractivity contribution in [1.82, 2.24) is 10.1 Å². The number of hydrogen-bond acceptors (Lipinski definition) is 4. The molecule has 2 aromatic carbocycles. The van der Waals surface area contributed by atoms with E-state index in [2.05, 4.69) is 79.9 Å². The number of halogens is 1. The molecule has 0 amide bonds. The first-order valence-corrected chi connectivity index (χ1v) is 10.5. The fourth-order valence-electron chi connectivity index (χ4n) is 3.50. The van der Waals surface area contributed by atoms with E-state index in [1.807, 2.05) is 25.1 Å². The third-order valence-electron chi connectivity index (χ3n) is 5.27. The first-order chi connectivity index (χ1) is 14.2. The van der Waals surface area contributed by atoms with Gasteiger partial charge in [0, 0.05) is 5.56 Å². The molecule has 0 saturated heterocycles. The molecule has 1 fully saturated rings. The molecule has 4 nitrogen and oxygen atoms in total. The Kier molecular flexibility index (Phi) is 4.68. The molecule has 5 rings (SSSR count). The van der Waals surface area contributed by atoms with E-state index >= 15 is 0 Å². The average Bonchev–Trinajstić information content (AvgIpc) is 3.53. The second-order valence-electron chi connectivity index (χ2n) is 7.42. The zero-order valence-electron chi connectivity index (χ0n) is 16.0. The highest BCUT2D eigenvalue weighted by Gasteiger charge is 2.23. The minimum atomic E-state index is 0.708. The minimum Gasteiger partial charge on any atom is -0.354 e. The fraction of sp³-hybridized carbons (Fsp3) is 0.167. The summed E-state index contributed by atoms with van der Waals surface area (Å²) in [5.41, 5.74) is 6.47. The van der Waals surface area contributed by atoms with Crippen LogP contribution in [0.25, 0.3) is 22.5 Å². The molecule has 1 N–H and O–H groups in total. The molecule has 0 atom stereocenters. The minimum absolute atomic E-state index is 0.708. The number of anilines is 2. The second-order valence-corrected chi connectivity index (χ2v) is 8.23. The Hall–Kier alpha value is -2.92. The summed E-state index contributed by atoms with van der Waals surface area (Å²) in [6.07, 6.45) is 2.66. The first-order valence-electron chi connectivity index (χ1n) is 9.74. The summed E-state index contributed by atoms with van der Waals surface area (Å²) in [7, 11) is 0. The van der Waals surface area contributed by atoms with Gasteiger partial charge in [-0.05, 0) is 70.4 Å². The third-order valence-corrected chi connectivity index (χ3v) is 5.71. The summed E-state index contributed by atoms with van der Waals surface area (Å²) in [5, 5.41) is 7.48. The van der Waals surface area contributed by atoms with Gasteiger partial charge in [-0.2, -0.15) is 0 Å². The molecule has 1 saturated carbocycles. The second kappa shape index (κ2) is 7.48. The van der Waals surface area contributed by atoms with Crippen LogP contribution in [-0.2, 0) is 0 Å². The van der Waals surface area contributed by atoms with Crippen LogP contribution in [-0.4, -0.2) is 10.1 Å². The summed E-state index contributed by atoms with van der Waals surface area (Å²) in [6, 6.07) is 23.1. The molecule has 0 aliphatic heterocycles. The van der Waals surface area contributed by atoms with Crippen molar-refractivity contribution in [2.24, 2.45) is 0 Å². The third kappa shape index (κ3) is 3.83. The monoisotopic (exact) mass is 445 g/mol. The summed E-state index contributed by atoms with van der Waals surface area (Å²) >= 11 is 3.40. The van der Waals surface area contributed by atoms with Crippen molar-refractivity contribution in [3.05, 3.63) is 82.6 Å². The van der Waals surface area contributed by atoms with Crippen molar-refractivity contribution >= 4 is 27.4 Å². The van der Waals surface area contributed by atoms with Gasteiger partial charge >= 0.3 is 0 Å². The van der Waals surface area contributed by atoms with Crippen molar-refractivity contribution in [3.63, 3.8) is 0 Å². The van der Waals surface area contributed by atoms with Crippen LogP contribution < -0.4 is 5.32 Å². The predicted octanol–water partition coefficient (Wildman–Crippen LogP) is 7.10. The summed E-state index contributed by atoms with van der Waals surface area (Å²) in [6.45, 7) is 1.92. The highest BCUT2D eigenvalue weighted by molar-refractivity contribution is 9.10. The van der Waals surface area contributed by atoms with Gasteiger partial charge in [0.15, 0.2) is 5.76 Å². The van der Waals surface area contributed by atoms with Gasteiger partial charge in [-0.25, -0.2) is 4.98 Å². The van der Waals surface area contributed by atoms with Crippen molar-refractivity contribution in [2.75, 3.05) is 5.32 Å².